The molecule has 11 rings (SSSR count). The van der Waals surface area contributed by atoms with Crippen molar-refractivity contribution in [3.63, 3.8) is 0 Å². The summed E-state index contributed by atoms with van der Waals surface area (Å²) in [5.74, 6) is 0.699. The fourth-order valence-electron chi connectivity index (χ4n) is 8.79. The van der Waals surface area contributed by atoms with Gasteiger partial charge in [0, 0.05) is 32.9 Å². The van der Waals surface area contributed by atoms with E-state index in [2.05, 4.69) is 177 Å². The Balaban J connectivity index is 0.943. The molecule has 3 nitrogen and oxygen atoms in total. The molecule has 3 heteroatoms. The summed E-state index contributed by atoms with van der Waals surface area (Å²) in [4.78, 5) is 10.2. The molecule has 2 aromatic heterocycles. The molecule has 0 fully saturated rings. The third-order valence-electron chi connectivity index (χ3n) is 11.8. The summed E-state index contributed by atoms with van der Waals surface area (Å²) in [7, 11) is 0. The van der Waals surface area contributed by atoms with Crippen LogP contribution in [0.25, 0.3) is 89.2 Å². The fourth-order valence-corrected chi connectivity index (χ4v) is 8.79. The predicted octanol–water partition coefficient (Wildman–Crippen LogP) is 14.0. The first kappa shape index (κ1) is 33.0. The van der Waals surface area contributed by atoms with Crippen LogP contribution in [0.2, 0.25) is 0 Å². The van der Waals surface area contributed by atoms with Gasteiger partial charge in [-0.2, -0.15) is 0 Å². The van der Waals surface area contributed by atoms with E-state index in [4.69, 9.17) is 14.4 Å². The van der Waals surface area contributed by atoms with Crippen molar-refractivity contribution < 1.29 is 4.42 Å². The highest BCUT2D eigenvalue weighted by Crippen LogP contribution is 2.53. The second-order valence-corrected chi connectivity index (χ2v) is 15.1. The molecule has 8 aromatic carbocycles. The summed E-state index contributed by atoms with van der Waals surface area (Å²) in [6.07, 6.45) is 0. The van der Waals surface area contributed by atoms with Crippen LogP contribution in [-0.4, -0.2) is 9.97 Å². The zero-order chi connectivity index (χ0) is 37.9. The topological polar surface area (TPSA) is 38.9 Å². The Bertz CT molecular complexity index is 3110. The monoisotopic (exact) mass is 728 g/mol. The van der Waals surface area contributed by atoms with Gasteiger partial charge in [-0.25, -0.2) is 9.97 Å². The number of rotatable bonds is 6. The van der Waals surface area contributed by atoms with E-state index in [1.54, 1.807) is 0 Å². The minimum absolute atomic E-state index is 0.241. The van der Waals surface area contributed by atoms with E-state index in [0.29, 0.717) is 5.82 Å². The van der Waals surface area contributed by atoms with Gasteiger partial charge in [-0.15, -0.1) is 0 Å². The molecule has 57 heavy (non-hydrogen) atoms. The average molecular weight is 729 g/mol. The van der Waals surface area contributed by atoms with E-state index in [9.17, 15) is 0 Å². The molecule has 1 unspecified atom stereocenters. The maximum atomic E-state index is 6.19. The second kappa shape index (κ2) is 13.1. The summed E-state index contributed by atoms with van der Waals surface area (Å²) in [6, 6.07) is 71.1. The largest absolute Gasteiger partial charge is 0.456 e. The highest BCUT2D eigenvalue weighted by molar-refractivity contribution is 6.05. The van der Waals surface area contributed by atoms with Gasteiger partial charge in [0.15, 0.2) is 5.82 Å². The van der Waals surface area contributed by atoms with Gasteiger partial charge in [0.05, 0.1) is 11.4 Å². The number of furan rings is 1. The minimum atomic E-state index is -0.241. The van der Waals surface area contributed by atoms with Crippen LogP contribution in [0.3, 0.4) is 0 Å². The molecular formula is C54H36N2O. The van der Waals surface area contributed by atoms with Crippen LogP contribution in [0.4, 0.5) is 0 Å². The van der Waals surface area contributed by atoms with Crippen molar-refractivity contribution in [3.05, 3.63) is 217 Å². The standard InChI is InChI=1S/C54H36N2O/c1-54(42-14-6-3-7-15-42)47-18-10-8-16-43(47)44-30-28-40(32-48(44)54)35-20-24-37(25-21-35)49-34-50(56-53(55-49)39-12-4-2-5-13-39)38-26-22-36(23-27-38)41-29-31-46-45-17-9-11-19-51(45)57-52(46)33-41/h2-34H,1H3. The van der Waals surface area contributed by atoms with Crippen LogP contribution >= 0.6 is 0 Å². The number of fused-ring (bicyclic) bond motifs is 6. The molecule has 0 radical (unpaired) electrons. The Kier molecular flexibility index (Phi) is 7.61. The molecule has 1 aliphatic carbocycles. The van der Waals surface area contributed by atoms with E-state index >= 15 is 0 Å². The van der Waals surface area contributed by atoms with Crippen molar-refractivity contribution in [2.75, 3.05) is 0 Å². The van der Waals surface area contributed by atoms with Gasteiger partial charge >= 0.3 is 0 Å². The Morgan fingerprint density at radius 1 is 0.368 bits per heavy atom. The van der Waals surface area contributed by atoms with Crippen LogP contribution < -0.4 is 0 Å². The maximum absolute atomic E-state index is 6.19. The van der Waals surface area contributed by atoms with Crippen molar-refractivity contribution in [1.82, 2.24) is 9.97 Å². The quantitative estimate of drug-likeness (QED) is 0.171. The molecule has 2 heterocycles. The molecule has 0 amide bonds. The molecule has 1 aliphatic rings. The lowest BCUT2D eigenvalue weighted by Crippen LogP contribution is -2.22. The Hall–Kier alpha value is -7.36. The van der Waals surface area contributed by atoms with Gasteiger partial charge in [-0.3, -0.25) is 0 Å². The van der Waals surface area contributed by atoms with Gasteiger partial charge in [0.25, 0.3) is 0 Å². The van der Waals surface area contributed by atoms with E-state index in [1.165, 1.54) is 38.9 Å². The van der Waals surface area contributed by atoms with Gasteiger partial charge in [0.2, 0.25) is 0 Å². The van der Waals surface area contributed by atoms with Crippen molar-refractivity contribution in [3.8, 4) is 67.3 Å². The minimum Gasteiger partial charge on any atom is -0.456 e. The van der Waals surface area contributed by atoms with Crippen molar-refractivity contribution in [2.45, 2.75) is 12.3 Å². The van der Waals surface area contributed by atoms with Gasteiger partial charge in [-0.1, -0.05) is 170 Å². The van der Waals surface area contributed by atoms with Gasteiger partial charge < -0.3 is 4.42 Å². The highest BCUT2D eigenvalue weighted by Gasteiger charge is 2.40. The molecule has 0 aliphatic heterocycles. The Labute approximate surface area is 331 Å². The van der Waals surface area contributed by atoms with Crippen LogP contribution in [0.1, 0.15) is 23.6 Å². The normalized spacial score (nSPS) is 14.5. The lowest BCUT2D eigenvalue weighted by Gasteiger charge is -2.28. The Morgan fingerprint density at radius 3 is 1.61 bits per heavy atom. The van der Waals surface area contributed by atoms with Gasteiger partial charge in [-0.05, 0) is 87.3 Å². The van der Waals surface area contributed by atoms with Crippen LogP contribution in [0.15, 0.2) is 205 Å². The molecule has 0 spiro atoms. The summed E-state index contributed by atoms with van der Waals surface area (Å²) >= 11 is 0. The van der Waals surface area contributed by atoms with Crippen molar-refractivity contribution in [2.24, 2.45) is 0 Å². The predicted molar refractivity (Wildman–Crippen MR) is 234 cm³/mol. The third kappa shape index (κ3) is 5.50. The molecule has 0 N–H and O–H groups in total. The molecule has 1 atom stereocenters. The van der Waals surface area contributed by atoms with Crippen LogP contribution in [0, 0.1) is 0 Å². The SMILES string of the molecule is CC1(c2ccccc2)c2ccccc2-c2ccc(-c3ccc(-c4cc(-c5ccc(-c6ccc7c(c6)oc6ccccc67)cc5)nc(-c5ccccc5)n4)cc3)cc21. The highest BCUT2D eigenvalue weighted by atomic mass is 16.3. The lowest BCUT2D eigenvalue weighted by molar-refractivity contribution is 0.669. The average Bonchev–Trinajstić information content (AvgIpc) is 3.79. The first-order valence-electron chi connectivity index (χ1n) is 19.5. The Morgan fingerprint density at radius 2 is 0.895 bits per heavy atom. The lowest BCUT2D eigenvalue weighted by atomic mass is 9.74. The van der Waals surface area contributed by atoms with E-state index in [-0.39, 0.29) is 5.41 Å². The maximum Gasteiger partial charge on any atom is 0.160 e. The number of benzene rings is 8. The number of para-hydroxylation sites is 1. The number of hydrogen-bond acceptors (Lipinski definition) is 3. The number of aromatic nitrogens is 2. The number of hydrogen-bond donors (Lipinski definition) is 0. The van der Waals surface area contributed by atoms with E-state index < -0.39 is 0 Å². The summed E-state index contributed by atoms with van der Waals surface area (Å²) in [5, 5.41) is 2.27. The van der Waals surface area contributed by atoms with Crippen LogP contribution in [-0.2, 0) is 5.41 Å². The summed E-state index contributed by atoms with van der Waals surface area (Å²) in [6.45, 7) is 2.37. The first-order chi connectivity index (χ1) is 28.1. The van der Waals surface area contributed by atoms with E-state index in [0.717, 1.165) is 61.1 Å². The summed E-state index contributed by atoms with van der Waals surface area (Å²) < 4.78 is 6.19. The molecule has 268 valence electrons. The van der Waals surface area contributed by atoms with Gasteiger partial charge in [0.1, 0.15) is 11.2 Å². The zero-order valence-corrected chi connectivity index (χ0v) is 31.4. The van der Waals surface area contributed by atoms with Crippen molar-refractivity contribution in [1.29, 1.82) is 0 Å². The zero-order valence-electron chi connectivity index (χ0n) is 31.4. The smallest absolute Gasteiger partial charge is 0.160 e. The number of nitrogens with zero attached hydrogens (tertiary/aromatic N) is 2. The van der Waals surface area contributed by atoms with Crippen molar-refractivity contribution >= 4 is 21.9 Å². The van der Waals surface area contributed by atoms with Crippen LogP contribution in [0.5, 0.6) is 0 Å². The second-order valence-electron chi connectivity index (χ2n) is 15.1. The molecule has 0 bridgehead atoms. The molecule has 10 aromatic rings. The molecule has 0 saturated carbocycles. The van der Waals surface area contributed by atoms with E-state index in [1.807, 2.05) is 30.3 Å². The fraction of sp³-hybridized carbons (Fsp3) is 0.0370. The molecule has 0 saturated heterocycles. The first-order valence-corrected chi connectivity index (χ1v) is 19.5. The summed E-state index contributed by atoms with van der Waals surface area (Å²) in [5.41, 5.74) is 17.6. The molecular weight excluding hydrogens is 693 g/mol. The third-order valence-corrected chi connectivity index (χ3v) is 11.8.